The Balaban J connectivity index is 0.000000847. The van der Waals surface area contributed by atoms with E-state index in [9.17, 15) is 4.79 Å². The lowest BCUT2D eigenvalue weighted by Crippen LogP contribution is -2.12. The number of anilines is 3. The fraction of sp³-hybridized carbons (Fsp3) is 0.133. The minimum atomic E-state index is 0.203. The van der Waals surface area contributed by atoms with E-state index in [1.54, 1.807) is 6.07 Å². The first-order chi connectivity index (χ1) is 10.7. The van der Waals surface area contributed by atoms with E-state index in [0.29, 0.717) is 10.7 Å². The molecule has 0 aliphatic rings. The molecule has 0 bridgehead atoms. The molecule has 0 aliphatic carbocycles. The van der Waals surface area contributed by atoms with Crippen LogP contribution >= 0.6 is 11.3 Å². The van der Waals surface area contributed by atoms with Crippen LogP contribution in [0, 0.1) is 0 Å². The fourth-order valence-electron chi connectivity index (χ4n) is 2.03. The van der Waals surface area contributed by atoms with Crippen LogP contribution in [0.5, 0.6) is 0 Å². The summed E-state index contributed by atoms with van der Waals surface area (Å²) in [4.78, 5) is 22.7. The molecule has 7 heteroatoms. The van der Waals surface area contributed by atoms with Crippen LogP contribution < -0.4 is 16.4 Å². The first-order valence-corrected chi connectivity index (χ1v) is 7.39. The maximum Gasteiger partial charge on any atom is 0.223 e. The van der Waals surface area contributed by atoms with Gasteiger partial charge in [-0.25, -0.2) is 4.98 Å². The summed E-state index contributed by atoms with van der Waals surface area (Å²) < 4.78 is 0. The Hall–Kier alpha value is -2.51. The van der Waals surface area contributed by atoms with Crippen molar-refractivity contribution < 1.29 is 4.79 Å². The minimum Gasteiger partial charge on any atom is -0.368 e. The largest absolute Gasteiger partial charge is 0.368 e. The van der Waals surface area contributed by atoms with Crippen LogP contribution in [0.1, 0.15) is 9.67 Å². The normalized spacial score (nSPS) is 9.95. The molecule has 22 heavy (non-hydrogen) atoms. The van der Waals surface area contributed by atoms with Crippen LogP contribution in [-0.2, 0) is 0 Å². The van der Waals surface area contributed by atoms with Gasteiger partial charge in [-0.1, -0.05) is 18.2 Å². The Kier molecular flexibility index (Phi) is 5.03. The highest BCUT2D eigenvalue weighted by Crippen LogP contribution is 2.33. The SMILES string of the molecule is CN.CN(c1ccccc1)c1nc(N)nc2sc(C=O)cc12. The molecule has 0 aliphatic heterocycles. The molecular weight excluding hydrogens is 298 g/mol. The molecule has 0 saturated heterocycles. The Morgan fingerprint density at radius 3 is 2.50 bits per heavy atom. The summed E-state index contributed by atoms with van der Waals surface area (Å²) in [5, 5.41) is 0.831. The van der Waals surface area contributed by atoms with E-state index in [2.05, 4.69) is 15.7 Å². The molecule has 2 aromatic heterocycles. The minimum absolute atomic E-state index is 0.203. The Morgan fingerprint density at radius 2 is 1.86 bits per heavy atom. The number of nitrogens with two attached hydrogens (primary N) is 2. The second-order valence-electron chi connectivity index (χ2n) is 4.29. The highest BCUT2D eigenvalue weighted by atomic mass is 32.1. The summed E-state index contributed by atoms with van der Waals surface area (Å²) in [7, 11) is 3.41. The number of aldehydes is 1. The number of hydrogen-bond acceptors (Lipinski definition) is 7. The Labute approximate surface area is 132 Å². The van der Waals surface area contributed by atoms with Crippen molar-refractivity contribution in [2.75, 3.05) is 24.7 Å². The maximum absolute atomic E-state index is 10.9. The quantitative estimate of drug-likeness (QED) is 0.720. The van der Waals surface area contributed by atoms with E-state index >= 15 is 0 Å². The summed E-state index contributed by atoms with van der Waals surface area (Å²) in [6.07, 6.45) is 0.814. The number of nitrogens with zero attached hydrogens (tertiary/aromatic N) is 3. The van der Waals surface area contributed by atoms with E-state index in [-0.39, 0.29) is 5.95 Å². The zero-order valence-corrected chi connectivity index (χ0v) is 13.2. The van der Waals surface area contributed by atoms with E-state index < -0.39 is 0 Å². The van der Waals surface area contributed by atoms with Gasteiger partial charge in [0.2, 0.25) is 5.95 Å². The van der Waals surface area contributed by atoms with Crippen molar-refractivity contribution in [3.8, 4) is 0 Å². The van der Waals surface area contributed by atoms with Gasteiger partial charge < -0.3 is 16.4 Å². The van der Waals surface area contributed by atoms with Crippen LogP contribution in [0.4, 0.5) is 17.5 Å². The van der Waals surface area contributed by atoms with Crippen LogP contribution in [0.25, 0.3) is 10.2 Å². The molecule has 1 aromatic carbocycles. The van der Waals surface area contributed by atoms with Crippen molar-refractivity contribution in [1.82, 2.24) is 9.97 Å². The predicted octanol–water partition coefficient (Wildman–Crippen LogP) is 2.43. The molecule has 0 amide bonds. The van der Waals surface area contributed by atoms with Crippen LogP contribution in [0.2, 0.25) is 0 Å². The predicted molar refractivity (Wildman–Crippen MR) is 91.8 cm³/mol. The van der Waals surface area contributed by atoms with Crippen molar-refractivity contribution in [3.05, 3.63) is 41.3 Å². The first-order valence-electron chi connectivity index (χ1n) is 6.58. The molecule has 0 atom stereocenters. The summed E-state index contributed by atoms with van der Waals surface area (Å²) in [5.74, 6) is 0.901. The highest BCUT2D eigenvalue weighted by Gasteiger charge is 2.14. The smallest absolute Gasteiger partial charge is 0.223 e. The second kappa shape index (κ2) is 6.97. The first kappa shape index (κ1) is 15.9. The third-order valence-corrected chi connectivity index (χ3v) is 3.94. The molecule has 114 valence electrons. The van der Waals surface area contributed by atoms with Gasteiger partial charge in [-0.05, 0) is 25.2 Å². The van der Waals surface area contributed by atoms with Gasteiger partial charge in [-0.15, -0.1) is 11.3 Å². The van der Waals surface area contributed by atoms with E-state index in [1.807, 2.05) is 42.3 Å². The average molecular weight is 315 g/mol. The number of benzene rings is 1. The van der Waals surface area contributed by atoms with E-state index in [4.69, 9.17) is 5.73 Å². The highest BCUT2D eigenvalue weighted by molar-refractivity contribution is 7.20. The lowest BCUT2D eigenvalue weighted by Gasteiger charge is -2.19. The molecule has 3 rings (SSSR count). The lowest BCUT2D eigenvalue weighted by atomic mass is 10.2. The number of para-hydroxylation sites is 1. The molecule has 4 N–H and O–H groups in total. The van der Waals surface area contributed by atoms with Gasteiger partial charge in [-0.2, -0.15) is 4.98 Å². The monoisotopic (exact) mass is 315 g/mol. The van der Waals surface area contributed by atoms with Gasteiger partial charge in [0.05, 0.1) is 10.3 Å². The molecule has 3 aromatic rings. The molecule has 0 unspecified atom stereocenters. The van der Waals surface area contributed by atoms with Crippen molar-refractivity contribution in [3.63, 3.8) is 0 Å². The van der Waals surface area contributed by atoms with Crippen molar-refractivity contribution in [2.45, 2.75) is 0 Å². The van der Waals surface area contributed by atoms with Crippen molar-refractivity contribution >= 4 is 45.3 Å². The Morgan fingerprint density at radius 1 is 1.18 bits per heavy atom. The van der Waals surface area contributed by atoms with Crippen LogP contribution in [0.3, 0.4) is 0 Å². The van der Waals surface area contributed by atoms with Gasteiger partial charge in [0.1, 0.15) is 10.6 Å². The number of aromatic nitrogens is 2. The fourth-order valence-corrected chi connectivity index (χ4v) is 2.88. The van der Waals surface area contributed by atoms with E-state index in [1.165, 1.54) is 18.4 Å². The number of hydrogen-bond donors (Lipinski definition) is 2. The van der Waals surface area contributed by atoms with Gasteiger partial charge >= 0.3 is 0 Å². The third kappa shape index (κ3) is 3.05. The molecule has 6 nitrogen and oxygen atoms in total. The summed E-state index contributed by atoms with van der Waals surface area (Å²) >= 11 is 1.31. The number of thiophene rings is 1. The standard InChI is InChI=1S/C14H12N4OS.CH5N/c1-18(9-5-3-2-4-6-9)12-11-7-10(8-19)20-13(11)17-14(15)16-12;1-2/h2-8H,1H3,(H2,15,16,17);2H2,1H3. The van der Waals surface area contributed by atoms with Gasteiger partial charge in [0, 0.05) is 12.7 Å². The third-order valence-electron chi connectivity index (χ3n) is 2.99. The van der Waals surface area contributed by atoms with Crippen molar-refractivity contribution in [1.29, 1.82) is 0 Å². The second-order valence-corrected chi connectivity index (χ2v) is 5.35. The molecule has 0 saturated carbocycles. The number of nitrogen functional groups attached to an aromatic ring is 1. The van der Waals surface area contributed by atoms with Crippen LogP contribution in [0.15, 0.2) is 36.4 Å². The number of carbonyl (C=O) groups excluding carboxylic acids is 1. The number of fused-ring (bicyclic) bond motifs is 1. The summed E-state index contributed by atoms with van der Waals surface area (Å²) in [6, 6.07) is 11.6. The summed E-state index contributed by atoms with van der Waals surface area (Å²) in [6.45, 7) is 0. The molecule has 0 fully saturated rings. The molecule has 0 radical (unpaired) electrons. The van der Waals surface area contributed by atoms with Gasteiger partial charge in [-0.3, -0.25) is 4.79 Å². The topological polar surface area (TPSA) is 98.1 Å². The van der Waals surface area contributed by atoms with Gasteiger partial charge in [0.15, 0.2) is 6.29 Å². The number of carbonyl (C=O) groups is 1. The van der Waals surface area contributed by atoms with Gasteiger partial charge in [0.25, 0.3) is 0 Å². The lowest BCUT2D eigenvalue weighted by molar-refractivity contribution is 0.112. The van der Waals surface area contributed by atoms with E-state index in [0.717, 1.165) is 22.2 Å². The number of rotatable bonds is 3. The summed E-state index contributed by atoms with van der Waals surface area (Å²) in [5.41, 5.74) is 11.3. The van der Waals surface area contributed by atoms with Crippen molar-refractivity contribution in [2.24, 2.45) is 5.73 Å². The molecule has 2 heterocycles. The maximum atomic E-state index is 10.9. The molecular formula is C15H17N5OS. The zero-order valence-electron chi connectivity index (χ0n) is 12.4. The average Bonchev–Trinajstić information content (AvgIpc) is 2.99. The zero-order chi connectivity index (χ0) is 16.1. The van der Waals surface area contributed by atoms with Crippen LogP contribution in [-0.4, -0.2) is 30.3 Å². The Bertz CT molecular complexity index is 772. The molecule has 0 spiro atoms.